The van der Waals surface area contributed by atoms with E-state index in [2.05, 4.69) is 10.3 Å². The number of hydrogen-bond acceptors (Lipinski definition) is 6. The van der Waals surface area contributed by atoms with Crippen molar-refractivity contribution in [1.29, 1.82) is 0 Å². The first-order chi connectivity index (χ1) is 13.6. The van der Waals surface area contributed by atoms with E-state index in [1.807, 2.05) is 36.6 Å². The van der Waals surface area contributed by atoms with Crippen molar-refractivity contribution in [3.8, 4) is 17.2 Å². The van der Waals surface area contributed by atoms with Gasteiger partial charge in [0.2, 0.25) is 0 Å². The van der Waals surface area contributed by atoms with E-state index in [-0.39, 0.29) is 11.9 Å². The van der Waals surface area contributed by atoms with Crippen molar-refractivity contribution in [2.24, 2.45) is 0 Å². The van der Waals surface area contributed by atoms with Crippen molar-refractivity contribution in [1.82, 2.24) is 10.3 Å². The summed E-state index contributed by atoms with van der Waals surface area (Å²) in [5.41, 5.74) is 4.07. The SMILES string of the molecule is COc1ccc(C(C)NC(=O)c2cccc(OCc3cscn3)c2)cc1OC. The van der Waals surface area contributed by atoms with Crippen molar-refractivity contribution in [2.75, 3.05) is 14.2 Å². The molecule has 3 aromatic rings. The smallest absolute Gasteiger partial charge is 0.251 e. The Labute approximate surface area is 168 Å². The molecule has 0 aliphatic rings. The van der Waals surface area contributed by atoms with Crippen LogP contribution >= 0.6 is 11.3 Å². The summed E-state index contributed by atoms with van der Waals surface area (Å²) in [5.74, 6) is 1.72. The van der Waals surface area contributed by atoms with Gasteiger partial charge in [0.1, 0.15) is 12.4 Å². The summed E-state index contributed by atoms with van der Waals surface area (Å²) >= 11 is 1.52. The summed E-state index contributed by atoms with van der Waals surface area (Å²) in [5, 5.41) is 4.93. The molecule has 0 saturated carbocycles. The van der Waals surface area contributed by atoms with Crippen LogP contribution in [0.25, 0.3) is 0 Å². The van der Waals surface area contributed by atoms with Gasteiger partial charge in [-0.1, -0.05) is 12.1 Å². The van der Waals surface area contributed by atoms with Crippen molar-refractivity contribution in [2.45, 2.75) is 19.6 Å². The molecule has 1 N–H and O–H groups in total. The second kappa shape index (κ2) is 9.23. The Kier molecular flexibility index (Phi) is 6.49. The normalized spacial score (nSPS) is 11.5. The fraction of sp³-hybridized carbons (Fsp3) is 0.238. The van der Waals surface area contributed by atoms with Crippen LogP contribution in [0.3, 0.4) is 0 Å². The molecular weight excluding hydrogens is 376 g/mol. The fourth-order valence-electron chi connectivity index (χ4n) is 2.68. The molecule has 2 aromatic carbocycles. The van der Waals surface area contributed by atoms with Gasteiger partial charge in [0.25, 0.3) is 5.91 Å². The Morgan fingerprint density at radius 2 is 1.96 bits per heavy atom. The van der Waals surface area contributed by atoms with Gasteiger partial charge in [0.05, 0.1) is 31.5 Å². The number of aromatic nitrogens is 1. The van der Waals surface area contributed by atoms with Crippen molar-refractivity contribution in [3.05, 3.63) is 70.2 Å². The maximum Gasteiger partial charge on any atom is 0.251 e. The van der Waals surface area contributed by atoms with Gasteiger partial charge in [-0.05, 0) is 42.8 Å². The fourth-order valence-corrected chi connectivity index (χ4v) is 3.22. The predicted octanol–water partition coefficient (Wildman–Crippen LogP) is 4.23. The highest BCUT2D eigenvalue weighted by atomic mass is 32.1. The number of carbonyl (C=O) groups excluding carboxylic acids is 1. The average molecular weight is 398 g/mol. The molecule has 1 atom stereocenters. The molecule has 1 unspecified atom stereocenters. The Balaban J connectivity index is 1.66. The number of carbonyl (C=O) groups is 1. The highest BCUT2D eigenvalue weighted by molar-refractivity contribution is 7.07. The molecule has 0 radical (unpaired) electrons. The number of hydrogen-bond donors (Lipinski definition) is 1. The minimum Gasteiger partial charge on any atom is -0.493 e. The number of nitrogens with zero attached hydrogens (tertiary/aromatic N) is 1. The summed E-state index contributed by atoms with van der Waals surface area (Å²) in [4.78, 5) is 16.8. The molecule has 0 spiro atoms. The van der Waals surface area contributed by atoms with Crippen LogP contribution in [-0.4, -0.2) is 25.1 Å². The lowest BCUT2D eigenvalue weighted by Gasteiger charge is -2.17. The van der Waals surface area contributed by atoms with E-state index in [9.17, 15) is 4.79 Å². The molecule has 0 aliphatic carbocycles. The highest BCUT2D eigenvalue weighted by Crippen LogP contribution is 2.30. The van der Waals surface area contributed by atoms with Gasteiger partial charge in [-0.25, -0.2) is 4.98 Å². The summed E-state index contributed by atoms with van der Waals surface area (Å²) in [6, 6.07) is 12.5. The van der Waals surface area contributed by atoms with Crippen LogP contribution in [-0.2, 0) is 6.61 Å². The lowest BCUT2D eigenvalue weighted by molar-refractivity contribution is 0.0939. The molecule has 28 heavy (non-hydrogen) atoms. The van der Waals surface area contributed by atoms with Crippen molar-refractivity contribution >= 4 is 17.2 Å². The quantitative estimate of drug-likeness (QED) is 0.615. The van der Waals surface area contributed by atoms with Crippen LogP contribution in [0.2, 0.25) is 0 Å². The van der Waals surface area contributed by atoms with E-state index >= 15 is 0 Å². The summed E-state index contributed by atoms with van der Waals surface area (Å²) < 4.78 is 16.3. The van der Waals surface area contributed by atoms with Crippen LogP contribution in [0.5, 0.6) is 17.2 Å². The first-order valence-corrected chi connectivity index (χ1v) is 9.67. The molecule has 146 valence electrons. The lowest BCUT2D eigenvalue weighted by atomic mass is 10.1. The van der Waals surface area contributed by atoms with E-state index in [0.717, 1.165) is 11.3 Å². The van der Waals surface area contributed by atoms with Crippen LogP contribution in [0.15, 0.2) is 53.4 Å². The van der Waals surface area contributed by atoms with Gasteiger partial charge in [-0.2, -0.15) is 0 Å². The van der Waals surface area contributed by atoms with Crippen molar-refractivity contribution in [3.63, 3.8) is 0 Å². The number of ether oxygens (including phenoxy) is 3. The molecule has 0 fully saturated rings. The van der Waals surface area contributed by atoms with Gasteiger partial charge in [0.15, 0.2) is 11.5 Å². The van der Waals surface area contributed by atoms with Crippen LogP contribution < -0.4 is 19.5 Å². The maximum absolute atomic E-state index is 12.7. The zero-order valence-electron chi connectivity index (χ0n) is 16.0. The second-order valence-electron chi connectivity index (χ2n) is 6.11. The van der Waals surface area contributed by atoms with E-state index in [1.165, 1.54) is 11.3 Å². The Morgan fingerprint density at radius 1 is 1.14 bits per heavy atom. The van der Waals surface area contributed by atoms with Gasteiger partial charge in [-0.3, -0.25) is 4.79 Å². The lowest BCUT2D eigenvalue weighted by Crippen LogP contribution is -2.26. The van der Waals surface area contributed by atoms with Gasteiger partial charge in [-0.15, -0.1) is 11.3 Å². The first-order valence-electron chi connectivity index (χ1n) is 8.73. The Morgan fingerprint density at radius 3 is 2.68 bits per heavy atom. The average Bonchev–Trinajstić information content (AvgIpc) is 3.25. The molecular formula is C21H22N2O4S. The first kappa shape index (κ1) is 19.7. The second-order valence-corrected chi connectivity index (χ2v) is 6.82. The van der Waals surface area contributed by atoms with Crippen LogP contribution in [0.4, 0.5) is 0 Å². The molecule has 0 bridgehead atoms. The number of nitrogens with one attached hydrogen (secondary N) is 1. The number of benzene rings is 2. The number of thiazole rings is 1. The molecule has 1 heterocycles. The van der Waals surface area contributed by atoms with Crippen molar-refractivity contribution < 1.29 is 19.0 Å². The molecule has 0 saturated heterocycles. The predicted molar refractivity (Wildman–Crippen MR) is 108 cm³/mol. The third-order valence-corrected chi connectivity index (χ3v) is 4.86. The number of rotatable bonds is 8. The molecule has 0 aliphatic heterocycles. The van der Waals surface area contributed by atoms with Crippen LogP contribution in [0.1, 0.15) is 34.6 Å². The van der Waals surface area contributed by atoms with E-state index < -0.39 is 0 Å². The summed E-state index contributed by atoms with van der Waals surface area (Å²) in [7, 11) is 3.17. The minimum absolute atomic E-state index is 0.179. The summed E-state index contributed by atoms with van der Waals surface area (Å²) in [6.07, 6.45) is 0. The number of methoxy groups -OCH3 is 2. The monoisotopic (exact) mass is 398 g/mol. The Bertz CT molecular complexity index is 928. The van der Waals surface area contributed by atoms with Gasteiger partial charge < -0.3 is 19.5 Å². The third-order valence-electron chi connectivity index (χ3n) is 4.22. The summed E-state index contributed by atoms with van der Waals surface area (Å²) in [6.45, 7) is 2.29. The molecule has 7 heteroatoms. The third kappa shape index (κ3) is 4.80. The largest absolute Gasteiger partial charge is 0.493 e. The zero-order valence-corrected chi connectivity index (χ0v) is 16.8. The van der Waals surface area contributed by atoms with E-state index in [4.69, 9.17) is 14.2 Å². The zero-order chi connectivity index (χ0) is 19.9. The van der Waals surface area contributed by atoms with E-state index in [0.29, 0.717) is 29.4 Å². The highest BCUT2D eigenvalue weighted by Gasteiger charge is 2.14. The molecule has 1 aromatic heterocycles. The minimum atomic E-state index is -0.202. The molecule has 1 amide bonds. The standard InChI is InChI=1S/C21H22N2O4S/c1-14(15-7-8-19(25-2)20(10-15)26-3)23-21(24)16-5-4-6-18(9-16)27-11-17-12-28-13-22-17/h4-10,12-14H,11H2,1-3H3,(H,23,24). The van der Waals surface area contributed by atoms with Gasteiger partial charge >= 0.3 is 0 Å². The molecule has 3 rings (SSSR count). The Hall–Kier alpha value is -3.06. The maximum atomic E-state index is 12.7. The van der Waals surface area contributed by atoms with Gasteiger partial charge in [0, 0.05) is 10.9 Å². The topological polar surface area (TPSA) is 69.7 Å². The molecule has 6 nitrogen and oxygen atoms in total. The number of amides is 1. The van der Waals surface area contributed by atoms with E-state index in [1.54, 1.807) is 37.9 Å². The van der Waals surface area contributed by atoms with Crippen LogP contribution in [0, 0.1) is 0 Å².